The minimum atomic E-state index is -0.191. The van der Waals surface area contributed by atoms with Crippen molar-refractivity contribution >= 4 is 5.91 Å². The zero-order chi connectivity index (χ0) is 12.5. The molecule has 1 rings (SSSR count). The lowest BCUT2D eigenvalue weighted by molar-refractivity contribution is -0.122. The number of rotatable bonds is 7. The second-order valence-corrected chi connectivity index (χ2v) is 3.46. The fourth-order valence-electron chi connectivity index (χ4n) is 1.35. The molecule has 0 aliphatic carbocycles. The fourth-order valence-corrected chi connectivity index (χ4v) is 1.35. The van der Waals surface area contributed by atoms with Crippen LogP contribution in [0.3, 0.4) is 0 Å². The standard InChI is InChI=1S/C13H17NO3/c1-2-8-14-13(16)10-17-12-6-4-3-5-11(12)7-9-15/h2-6,15H,1,7-10H2,(H,14,16). The second-order valence-electron chi connectivity index (χ2n) is 3.46. The molecule has 0 radical (unpaired) electrons. The number of ether oxygens (including phenoxy) is 1. The third-order valence-corrected chi connectivity index (χ3v) is 2.16. The highest BCUT2D eigenvalue weighted by atomic mass is 16.5. The Kier molecular flexibility index (Phi) is 5.82. The first-order valence-corrected chi connectivity index (χ1v) is 5.47. The van der Waals surface area contributed by atoms with E-state index in [1.54, 1.807) is 12.1 Å². The summed E-state index contributed by atoms with van der Waals surface area (Å²) in [5.41, 5.74) is 0.895. The number of nitrogens with one attached hydrogen (secondary N) is 1. The molecule has 4 nitrogen and oxygen atoms in total. The third-order valence-electron chi connectivity index (χ3n) is 2.16. The van der Waals surface area contributed by atoms with Crippen molar-refractivity contribution in [1.82, 2.24) is 5.32 Å². The molecule has 0 spiro atoms. The summed E-state index contributed by atoms with van der Waals surface area (Å²) in [5.74, 6) is 0.444. The van der Waals surface area contributed by atoms with E-state index in [-0.39, 0.29) is 19.1 Å². The van der Waals surface area contributed by atoms with E-state index in [0.717, 1.165) is 5.56 Å². The predicted molar refractivity (Wildman–Crippen MR) is 65.9 cm³/mol. The first kappa shape index (κ1) is 13.3. The van der Waals surface area contributed by atoms with Gasteiger partial charge < -0.3 is 15.2 Å². The molecule has 0 aliphatic rings. The molecule has 0 saturated carbocycles. The molecule has 92 valence electrons. The third kappa shape index (κ3) is 4.70. The number of amides is 1. The Bertz CT molecular complexity index is 377. The van der Waals surface area contributed by atoms with Crippen LogP contribution in [0.5, 0.6) is 5.75 Å². The molecule has 4 heteroatoms. The fraction of sp³-hybridized carbons (Fsp3) is 0.308. The lowest BCUT2D eigenvalue weighted by atomic mass is 10.1. The average molecular weight is 235 g/mol. The van der Waals surface area contributed by atoms with Crippen molar-refractivity contribution in [3.05, 3.63) is 42.5 Å². The van der Waals surface area contributed by atoms with Crippen LogP contribution < -0.4 is 10.1 Å². The Morgan fingerprint density at radius 3 is 2.94 bits per heavy atom. The van der Waals surface area contributed by atoms with Gasteiger partial charge in [-0.25, -0.2) is 0 Å². The molecule has 0 unspecified atom stereocenters. The van der Waals surface area contributed by atoms with Gasteiger partial charge in [-0.1, -0.05) is 24.3 Å². The van der Waals surface area contributed by atoms with Gasteiger partial charge in [-0.15, -0.1) is 6.58 Å². The summed E-state index contributed by atoms with van der Waals surface area (Å²) in [6, 6.07) is 7.35. The Labute approximate surface area is 101 Å². The van der Waals surface area contributed by atoms with E-state index in [2.05, 4.69) is 11.9 Å². The number of carbonyl (C=O) groups excluding carboxylic acids is 1. The number of benzene rings is 1. The Balaban J connectivity index is 2.50. The minimum absolute atomic E-state index is 0.0315. The zero-order valence-corrected chi connectivity index (χ0v) is 9.69. The van der Waals surface area contributed by atoms with Crippen molar-refractivity contribution in [2.75, 3.05) is 19.8 Å². The molecule has 0 saturated heterocycles. The number of carbonyl (C=O) groups is 1. The van der Waals surface area contributed by atoms with E-state index in [0.29, 0.717) is 18.7 Å². The smallest absolute Gasteiger partial charge is 0.258 e. The van der Waals surface area contributed by atoms with E-state index in [1.165, 1.54) is 0 Å². The van der Waals surface area contributed by atoms with Crippen LogP contribution in [0.15, 0.2) is 36.9 Å². The Morgan fingerprint density at radius 2 is 2.24 bits per heavy atom. The first-order valence-electron chi connectivity index (χ1n) is 5.47. The predicted octanol–water partition coefficient (Wildman–Crippen LogP) is 0.902. The zero-order valence-electron chi connectivity index (χ0n) is 9.69. The van der Waals surface area contributed by atoms with Crippen molar-refractivity contribution in [3.63, 3.8) is 0 Å². The molecule has 1 aromatic rings. The van der Waals surface area contributed by atoms with Crippen molar-refractivity contribution in [2.45, 2.75) is 6.42 Å². The maximum absolute atomic E-state index is 11.3. The maximum Gasteiger partial charge on any atom is 0.258 e. The van der Waals surface area contributed by atoms with Gasteiger partial charge in [0.05, 0.1) is 0 Å². The van der Waals surface area contributed by atoms with Gasteiger partial charge in [0.25, 0.3) is 5.91 Å². The lowest BCUT2D eigenvalue weighted by Crippen LogP contribution is -2.28. The average Bonchev–Trinajstić information content (AvgIpc) is 2.35. The van der Waals surface area contributed by atoms with E-state index < -0.39 is 0 Å². The molecule has 2 N–H and O–H groups in total. The molecule has 0 aliphatic heterocycles. The largest absolute Gasteiger partial charge is 0.483 e. The molecule has 0 bridgehead atoms. The van der Waals surface area contributed by atoms with Gasteiger partial charge in [0.1, 0.15) is 5.75 Å². The summed E-state index contributed by atoms with van der Waals surface area (Å²) in [6.07, 6.45) is 2.13. The highest BCUT2D eigenvalue weighted by molar-refractivity contribution is 5.77. The highest BCUT2D eigenvalue weighted by Gasteiger charge is 2.05. The molecule has 17 heavy (non-hydrogen) atoms. The normalized spacial score (nSPS) is 9.71. The Hall–Kier alpha value is -1.81. The quantitative estimate of drug-likeness (QED) is 0.690. The topological polar surface area (TPSA) is 58.6 Å². The number of para-hydroxylation sites is 1. The van der Waals surface area contributed by atoms with Gasteiger partial charge in [-0.05, 0) is 18.1 Å². The van der Waals surface area contributed by atoms with Gasteiger partial charge in [0.15, 0.2) is 6.61 Å². The van der Waals surface area contributed by atoms with Crippen LogP contribution in [0, 0.1) is 0 Å². The molecule has 0 aromatic heterocycles. The van der Waals surface area contributed by atoms with Gasteiger partial charge in [-0.3, -0.25) is 4.79 Å². The molecular weight excluding hydrogens is 218 g/mol. The summed E-state index contributed by atoms with van der Waals surface area (Å²) in [4.78, 5) is 11.3. The molecule has 0 atom stereocenters. The number of aliphatic hydroxyl groups is 1. The molecule has 0 heterocycles. The van der Waals surface area contributed by atoms with Crippen LogP contribution in [0.1, 0.15) is 5.56 Å². The maximum atomic E-state index is 11.3. The van der Waals surface area contributed by atoms with Gasteiger partial charge in [0, 0.05) is 13.2 Å². The van der Waals surface area contributed by atoms with E-state index in [1.807, 2.05) is 18.2 Å². The second kappa shape index (κ2) is 7.46. The summed E-state index contributed by atoms with van der Waals surface area (Å²) >= 11 is 0. The van der Waals surface area contributed by atoms with Gasteiger partial charge in [0.2, 0.25) is 0 Å². The van der Waals surface area contributed by atoms with Gasteiger partial charge >= 0.3 is 0 Å². The van der Waals surface area contributed by atoms with E-state index >= 15 is 0 Å². The molecule has 0 fully saturated rings. The van der Waals surface area contributed by atoms with Crippen molar-refractivity contribution in [3.8, 4) is 5.75 Å². The van der Waals surface area contributed by atoms with Crippen molar-refractivity contribution < 1.29 is 14.6 Å². The molecular formula is C13H17NO3. The summed E-state index contributed by atoms with van der Waals surface area (Å²) < 4.78 is 5.39. The van der Waals surface area contributed by atoms with Crippen LogP contribution in [-0.2, 0) is 11.2 Å². The highest BCUT2D eigenvalue weighted by Crippen LogP contribution is 2.17. The van der Waals surface area contributed by atoms with Crippen LogP contribution in [0.2, 0.25) is 0 Å². The minimum Gasteiger partial charge on any atom is -0.483 e. The first-order chi connectivity index (χ1) is 8.27. The Morgan fingerprint density at radius 1 is 1.47 bits per heavy atom. The number of aliphatic hydroxyl groups excluding tert-OH is 1. The lowest BCUT2D eigenvalue weighted by Gasteiger charge is -2.10. The number of hydrogen-bond acceptors (Lipinski definition) is 3. The summed E-state index contributed by atoms with van der Waals surface area (Å²) in [7, 11) is 0. The summed E-state index contributed by atoms with van der Waals surface area (Å²) in [6.45, 7) is 3.96. The van der Waals surface area contributed by atoms with Crippen LogP contribution in [0.25, 0.3) is 0 Å². The molecule has 1 amide bonds. The van der Waals surface area contributed by atoms with E-state index in [4.69, 9.17) is 9.84 Å². The van der Waals surface area contributed by atoms with Crippen molar-refractivity contribution in [1.29, 1.82) is 0 Å². The molecule has 1 aromatic carbocycles. The monoisotopic (exact) mass is 235 g/mol. The SMILES string of the molecule is C=CCNC(=O)COc1ccccc1CCO. The number of hydrogen-bond donors (Lipinski definition) is 2. The summed E-state index contributed by atoms with van der Waals surface area (Å²) in [5, 5.41) is 11.5. The van der Waals surface area contributed by atoms with Crippen LogP contribution in [-0.4, -0.2) is 30.8 Å². The van der Waals surface area contributed by atoms with Crippen molar-refractivity contribution in [2.24, 2.45) is 0 Å². The van der Waals surface area contributed by atoms with E-state index in [9.17, 15) is 4.79 Å². The van der Waals surface area contributed by atoms with Crippen LogP contribution in [0.4, 0.5) is 0 Å². The van der Waals surface area contributed by atoms with Gasteiger partial charge in [-0.2, -0.15) is 0 Å². The van der Waals surface area contributed by atoms with Crippen LogP contribution >= 0.6 is 0 Å².